The molecule has 3 N–H and O–H groups in total. The topological polar surface area (TPSA) is 98.2 Å². The van der Waals surface area contributed by atoms with Crippen LogP contribution in [0.5, 0.6) is 0 Å². The zero-order valence-electron chi connectivity index (χ0n) is 11.7. The van der Waals surface area contributed by atoms with Crippen molar-refractivity contribution in [3.63, 3.8) is 0 Å². The molecule has 7 nitrogen and oxygen atoms in total. The van der Waals surface area contributed by atoms with Gasteiger partial charge in [0, 0.05) is 0 Å². The first kappa shape index (κ1) is 13.9. The average molecular weight is 300 g/mol. The Hall–Kier alpha value is -3.03. The van der Waals surface area contributed by atoms with Crippen LogP contribution in [-0.4, -0.2) is 31.8 Å². The highest BCUT2D eigenvalue weighted by Crippen LogP contribution is 2.21. The lowest BCUT2D eigenvalue weighted by Crippen LogP contribution is -2.32. The number of hydrogen-bond donors (Lipinski definition) is 2. The van der Waals surface area contributed by atoms with Crippen LogP contribution in [0.3, 0.4) is 0 Å². The van der Waals surface area contributed by atoms with Crippen molar-refractivity contribution in [2.75, 3.05) is 5.32 Å². The number of benzene rings is 1. The van der Waals surface area contributed by atoms with Gasteiger partial charge in [0.2, 0.25) is 5.91 Å². The summed E-state index contributed by atoms with van der Waals surface area (Å²) in [4.78, 5) is 11.1. The summed E-state index contributed by atoms with van der Waals surface area (Å²) >= 11 is 0. The van der Waals surface area contributed by atoms with Crippen LogP contribution in [0.15, 0.2) is 36.4 Å². The summed E-state index contributed by atoms with van der Waals surface area (Å²) in [5.41, 5.74) is 5.97. The molecule has 112 valence electrons. The van der Waals surface area contributed by atoms with E-state index in [-0.39, 0.29) is 5.82 Å². The molecule has 0 saturated carbocycles. The number of nitrogens with two attached hydrogens (primary N) is 1. The Bertz CT molecular complexity index is 846. The third-order valence-electron chi connectivity index (χ3n) is 3.17. The monoisotopic (exact) mass is 300 g/mol. The maximum absolute atomic E-state index is 13.9. The summed E-state index contributed by atoms with van der Waals surface area (Å²) in [6, 6.07) is 8.97. The molecule has 2 heterocycles. The fourth-order valence-electron chi connectivity index (χ4n) is 1.97. The molecule has 1 amide bonds. The Morgan fingerprint density at radius 3 is 2.77 bits per heavy atom. The van der Waals surface area contributed by atoms with Gasteiger partial charge < -0.3 is 11.1 Å². The predicted molar refractivity (Wildman–Crippen MR) is 78.5 cm³/mol. The summed E-state index contributed by atoms with van der Waals surface area (Å²) in [5.74, 6) is -0.220. The first-order valence-electron chi connectivity index (χ1n) is 6.59. The van der Waals surface area contributed by atoms with Crippen LogP contribution in [-0.2, 0) is 4.79 Å². The van der Waals surface area contributed by atoms with Gasteiger partial charge in [-0.05, 0) is 31.2 Å². The summed E-state index contributed by atoms with van der Waals surface area (Å²) in [6.07, 6.45) is 0. The summed E-state index contributed by atoms with van der Waals surface area (Å²) < 4.78 is 15.3. The molecule has 1 aromatic carbocycles. The second-order valence-corrected chi connectivity index (χ2v) is 4.76. The highest BCUT2D eigenvalue weighted by molar-refractivity contribution is 5.82. The zero-order chi connectivity index (χ0) is 15.7. The maximum atomic E-state index is 13.9. The van der Waals surface area contributed by atoms with Gasteiger partial charge >= 0.3 is 0 Å². The van der Waals surface area contributed by atoms with Gasteiger partial charge in [-0.25, -0.2) is 4.39 Å². The molecular weight excluding hydrogens is 287 g/mol. The molecule has 0 aliphatic carbocycles. The highest BCUT2D eigenvalue weighted by Gasteiger charge is 2.15. The van der Waals surface area contributed by atoms with Gasteiger partial charge in [0.1, 0.15) is 17.7 Å². The fourth-order valence-corrected chi connectivity index (χ4v) is 1.97. The average Bonchev–Trinajstić information content (AvgIpc) is 2.90. The number of rotatable bonds is 4. The number of nitrogens with one attached hydrogen (secondary N) is 1. The molecular formula is C14H13FN6O. The van der Waals surface area contributed by atoms with Crippen LogP contribution < -0.4 is 11.1 Å². The lowest BCUT2D eigenvalue weighted by molar-refractivity contribution is -0.118. The molecule has 0 aliphatic heterocycles. The number of amides is 1. The van der Waals surface area contributed by atoms with Crippen molar-refractivity contribution in [2.24, 2.45) is 5.73 Å². The van der Waals surface area contributed by atoms with E-state index in [0.717, 1.165) is 0 Å². The Morgan fingerprint density at radius 1 is 1.27 bits per heavy atom. The smallest absolute Gasteiger partial charge is 0.239 e. The van der Waals surface area contributed by atoms with Crippen molar-refractivity contribution >= 4 is 17.4 Å². The van der Waals surface area contributed by atoms with E-state index in [0.29, 0.717) is 17.0 Å². The molecule has 22 heavy (non-hydrogen) atoms. The molecule has 3 rings (SSSR count). The quantitative estimate of drug-likeness (QED) is 0.755. The first-order chi connectivity index (χ1) is 10.6. The van der Waals surface area contributed by atoms with E-state index in [1.807, 2.05) is 0 Å². The molecule has 1 unspecified atom stereocenters. The molecule has 0 spiro atoms. The van der Waals surface area contributed by atoms with Gasteiger partial charge in [-0.3, -0.25) is 4.79 Å². The van der Waals surface area contributed by atoms with Crippen molar-refractivity contribution in [1.82, 2.24) is 19.8 Å². The molecule has 0 aliphatic rings. The minimum Gasteiger partial charge on any atom is -0.368 e. The number of fused-ring (bicyclic) bond motifs is 1. The van der Waals surface area contributed by atoms with E-state index >= 15 is 0 Å². The second-order valence-electron chi connectivity index (χ2n) is 4.76. The molecule has 1 atom stereocenters. The van der Waals surface area contributed by atoms with Crippen molar-refractivity contribution in [3.05, 3.63) is 42.2 Å². The van der Waals surface area contributed by atoms with Gasteiger partial charge in [-0.2, -0.15) is 4.52 Å². The summed E-state index contributed by atoms with van der Waals surface area (Å²) in [5, 5.41) is 15.1. The van der Waals surface area contributed by atoms with Crippen LogP contribution in [0.1, 0.15) is 6.92 Å². The lowest BCUT2D eigenvalue weighted by atomic mass is 10.2. The van der Waals surface area contributed by atoms with Crippen molar-refractivity contribution in [2.45, 2.75) is 13.0 Å². The zero-order valence-corrected chi connectivity index (χ0v) is 11.7. The maximum Gasteiger partial charge on any atom is 0.239 e. The van der Waals surface area contributed by atoms with E-state index in [4.69, 9.17) is 5.73 Å². The number of carbonyl (C=O) groups is 1. The SMILES string of the molecule is CC(Nc1ccc2nnc(-c3ccccc3F)n2n1)C(N)=O. The lowest BCUT2D eigenvalue weighted by Gasteiger charge is -2.10. The molecule has 8 heteroatoms. The van der Waals surface area contributed by atoms with E-state index in [1.54, 1.807) is 37.3 Å². The molecule has 0 radical (unpaired) electrons. The Kier molecular flexibility index (Phi) is 3.42. The standard InChI is InChI=1S/C14H13FN6O/c1-8(13(16)22)17-11-6-7-12-18-19-14(21(12)20-11)9-4-2-3-5-10(9)15/h2-8H,1H3,(H2,16,22)(H,17,20). The number of halogens is 1. The van der Waals surface area contributed by atoms with Crippen molar-refractivity contribution in [1.29, 1.82) is 0 Å². The van der Waals surface area contributed by atoms with E-state index in [2.05, 4.69) is 20.6 Å². The van der Waals surface area contributed by atoms with Crippen molar-refractivity contribution < 1.29 is 9.18 Å². The summed E-state index contributed by atoms with van der Waals surface area (Å²) in [6.45, 7) is 1.62. The summed E-state index contributed by atoms with van der Waals surface area (Å²) in [7, 11) is 0. The second kappa shape index (κ2) is 5.40. The highest BCUT2D eigenvalue weighted by atomic mass is 19.1. The molecule has 0 fully saturated rings. The van der Waals surface area contributed by atoms with Gasteiger partial charge in [0.25, 0.3) is 0 Å². The van der Waals surface area contributed by atoms with Crippen LogP contribution in [0, 0.1) is 5.82 Å². The molecule has 0 saturated heterocycles. The Balaban J connectivity index is 2.06. The van der Waals surface area contributed by atoms with Crippen LogP contribution in [0.25, 0.3) is 17.0 Å². The number of aromatic nitrogens is 4. The third kappa shape index (κ3) is 2.46. The minimum atomic E-state index is -0.585. The number of carbonyl (C=O) groups excluding carboxylic acids is 1. The Morgan fingerprint density at radius 2 is 2.05 bits per heavy atom. The molecule has 3 aromatic rings. The normalized spacial score (nSPS) is 12.3. The molecule has 2 aromatic heterocycles. The number of primary amides is 1. The van der Waals surface area contributed by atoms with Gasteiger partial charge in [-0.15, -0.1) is 15.3 Å². The van der Waals surface area contributed by atoms with Crippen LogP contribution in [0.2, 0.25) is 0 Å². The third-order valence-corrected chi connectivity index (χ3v) is 3.17. The van der Waals surface area contributed by atoms with Crippen molar-refractivity contribution in [3.8, 4) is 11.4 Å². The van der Waals surface area contributed by atoms with Gasteiger partial charge in [0.05, 0.1) is 5.56 Å². The number of anilines is 1. The molecule has 0 bridgehead atoms. The first-order valence-corrected chi connectivity index (χ1v) is 6.59. The Labute approximate surface area is 125 Å². The number of nitrogens with zero attached hydrogens (tertiary/aromatic N) is 4. The largest absolute Gasteiger partial charge is 0.368 e. The van der Waals surface area contributed by atoms with Crippen LogP contribution in [0.4, 0.5) is 10.2 Å². The van der Waals surface area contributed by atoms with E-state index in [9.17, 15) is 9.18 Å². The van der Waals surface area contributed by atoms with E-state index in [1.165, 1.54) is 10.6 Å². The minimum absolute atomic E-state index is 0.281. The predicted octanol–water partition coefficient (Wildman–Crippen LogP) is 1.22. The van der Waals surface area contributed by atoms with Gasteiger partial charge in [0.15, 0.2) is 11.5 Å². The van der Waals surface area contributed by atoms with E-state index < -0.39 is 17.8 Å². The van der Waals surface area contributed by atoms with Gasteiger partial charge in [-0.1, -0.05) is 12.1 Å². The van der Waals surface area contributed by atoms with Crippen LogP contribution >= 0.6 is 0 Å². The fraction of sp³-hybridized carbons (Fsp3) is 0.143. The number of hydrogen-bond acceptors (Lipinski definition) is 5.